The molecule has 82 valence electrons. The molecule has 1 amide bonds. The van der Waals surface area contributed by atoms with Crippen LogP contribution in [0.15, 0.2) is 28.7 Å². The highest BCUT2D eigenvalue weighted by atomic mass is 79.9. The van der Waals surface area contributed by atoms with Crippen molar-refractivity contribution in [3.05, 3.63) is 28.7 Å². The first-order chi connectivity index (χ1) is 7.13. The molecule has 0 bridgehead atoms. The van der Waals surface area contributed by atoms with Gasteiger partial charge in [0.05, 0.1) is 5.69 Å². The Bertz CT molecular complexity index is 341. The summed E-state index contributed by atoms with van der Waals surface area (Å²) in [7, 11) is 0. The van der Waals surface area contributed by atoms with Gasteiger partial charge in [-0.05, 0) is 34.5 Å². The number of carbonyl (C=O) groups excluding carboxylic acids is 1. The second-order valence-corrected chi connectivity index (χ2v) is 4.25. The SMILES string of the molecule is CCC(N)CC(=O)Nc1ccccc1Br. The summed E-state index contributed by atoms with van der Waals surface area (Å²) in [6, 6.07) is 7.44. The van der Waals surface area contributed by atoms with Crippen LogP contribution in [0.2, 0.25) is 0 Å². The molecule has 0 spiro atoms. The Morgan fingerprint density at radius 1 is 1.53 bits per heavy atom. The van der Waals surface area contributed by atoms with E-state index in [2.05, 4.69) is 21.2 Å². The molecule has 3 N–H and O–H groups in total. The predicted molar refractivity (Wildman–Crippen MR) is 65.7 cm³/mol. The summed E-state index contributed by atoms with van der Waals surface area (Å²) in [5, 5.41) is 2.81. The van der Waals surface area contributed by atoms with E-state index in [1.54, 1.807) is 0 Å². The minimum Gasteiger partial charge on any atom is -0.327 e. The fourth-order valence-corrected chi connectivity index (χ4v) is 1.53. The molecular formula is C11H15BrN2O. The molecule has 1 aromatic carbocycles. The third-order valence-electron chi connectivity index (χ3n) is 2.12. The molecule has 1 rings (SSSR count). The van der Waals surface area contributed by atoms with Gasteiger partial charge in [-0.2, -0.15) is 0 Å². The maximum Gasteiger partial charge on any atom is 0.225 e. The Morgan fingerprint density at radius 2 is 2.20 bits per heavy atom. The Hall–Kier alpha value is -0.870. The number of halogens is 1. The Kier molecular flexibility index (Phi) is 4.78. The lowest BCUT2D eigenvalue weighted by atomic mass is 10.1. The van der Waals surface area contributed by atoms with Crippen molar-refractivity contribution in [2.75, 3.05) is 5.32 Å². The molecule has 0 heterocycles. The second kappa shape index (κ2) is 5.88. The lowest BCUT2D eigenvalue weighted by Crippen LogP contribution is -2.26. The molecule has 1 aromatic rings. The minimum atomic E-state index is -0.0625. The number of para-hydroxylation sites is 1. The summed E-state index contributed by atoms with van der Waals surface area (Å²) in [6.07, 6.45) is 1.17. The van der Waals surface area contributed by atoms with E-state index in [4.69, 9.17) is 5.73 Å². The van der Waals surface area contributed by atoms with Crippen molar-refractivity contribution in [3.63, 3.8) is 0 Å². The maximum atomic E-state index is 11.5. The number of hydrogen-bond acceptors (Lipinski definition) is 2. The first-order valence-electron chi connectivity index (χ1n) is 4.93. The average molecular weight is 271 g/mol. The number of hydrogen-bond donors (Lipinski definition) is 2. The average Bonchev–Trinajstić information content (AvgIpc) is 2.21. The molecule has 1 atom stereocenters. The fourth-order valence-electron chi connectivity index (χ4n) is 1.15. The van der Waals surface area contributed by atoms with E-state index in [1.165, 1.54) is 0 Å². The van der Waals surface area contributed by atoms with E-state index in [9.17, 15) is 4.79 Å². The van der Waals surface area contributed by atoms with Gasteiger partial charge in [-0.25, -0.2) is 0 Å². The van der Waals surface area contributed by atoms with Gasteiger partial charge in [0.25, 0.3) is 0 Å². The highest BCUT2D eigenvalue weighted by Gasteiger charge is 2.08. The monoisotopic (exact) mass is 270 g/mol. The van der Waals surface area contributed by atoms with E-state index in [1.807, 2.05) is 31.2 Å². The number of nitrogens with two attached hydrogens (primary N) is 1. The highest BCUT2D eigenvalue weighted by Crippen LogP contribution is 2.21. The third kappa shape index (κ3) is 4.01. The minimum absolute atomic E-state index is 0.0451. The molecule has 3 nitrogen and oxygen atoms in total. The maximum absolute atomic E-state index is 11.5. The Labute approximate surface area is 98.2 Å². The summed E-state index contributed by atoms with van der Waals surface area (Å²) >= 11 is 3.36. The van der Waals surface area contributed by atoms with Crippen LogP contribution in [-0.2, 0) is 4.79 Å². The van der Waals surface area contributed by atoms with Gasteiger partial charge >= 0.3 is 0 Å². The summed E-state index contributed by atoms with van der Waals surface area (Å²) in [6.45, 7) is 1.97. The van der Waals surface area contributed by atoms with E-state index in [0.717, 1.165) is 16.6 Å². The fraction of sp³-hybridized carbons (Fsp3) is 0.364. The number of anilines is 1. The number of amides is 1. The van der Waals surface area contributed by atoms with Gasteiger partial charge in [-0.15, -0.1) is 0 Å². The quantitative estimate of drug-likeness (QED) is 0.884. The molecule has 4 heteroatoms. The number of benzene rings is 1. The van der Waals surface area contributed by atoms with E-state index >= 15 is 0 Å². The van der Waals surface area contributed by atoms with Crippen LogP contribution in [0.4, 0.5) is 5.69 Å². The molecule has 0 saturated carbocycles. The lowest BCUT2D eigenvalue weighted by Gasteiger charge is -2.10. The van der Waals surface area contributed by atoms with Gasteiger partial charge in [0.15, 0.2) is 0 Å². The van der Waals surface area contributed by atoms with Gasteiger partial charge in [0, 0.05) is 16.9 Å². The van der Waals surface area contributed by atoms with E-state index < -0.39 is 0 Å². The first-order valence-corrected chi connectivity index (χ1v) is 5.72. The van der Waals surface area contributed by atoms with Gasteiger partial charge in [0.1, 0.15) is 0 Å². The lowest BCUT2D eigenvalue weighted by molar-refractivity contribution is -0.116. The zero-order valence-electron chi connectivity index (χ0n) is 8.66. The first kappa shape index (κ1) is 12.2. The van der Waals surface area contributed by atoms with Crippen LogP contribution < -0.4 is 11.1 Å². The molecule has 0 saturated heterocycles. The van der Waals surface area contributed by atoms with Gasteiger partial charge < -0.3 is 11.1 Å². The van der Waals surface area contributed by atoms with Gasteiger partial charge in [-0.3, -0.25) is 4.79 Å². The summed E-state index contributed by atoms with van der Waals surface area (Å²) in [5.41, 5.74) is 6.48. The largest absolute Gasteiger partial charge is 0.327 e. The third-order valence-corrected chi connectivity index (χ3v) is 2.81. The smallest absolute Gasteiger partial charge is 0.225 e. The molecule has 0 aromatic heterocycles. The van der Waals surface area contributed by atoms with Crippen LogP contribution in [0.1, 0.15) is 19.8 Å². The molecule has 0 aliphatic rings. The van der Waals surface area contributed by atoms with Gasteiger partial charge in [0.2, 0.25) is 5.91 Å². The van der Waals surface area contributed by atoms with E-state index in [-0.39, 0.29) is 11.9 Å². The molecular weight excluding hydrogens is 256 g/mol. The Morgan fingerprint density at radius 3 is 2.80 bits per heavy atom. The molecule has 0 aliphatic heterocycles. The van der Waals surface area contributed by atoms with Crippen molar-refractivity contribution < 1.29 is 4.79 Å². The molecule has 0 aliphatic carbocycles. The standard InChI is InChI=1S/C11H15BrN2O/c1-2-8(13)7-11(15)14-10-6-4-3-5-9(10)12/h3-6,8H,2,7,13H2,1H3,(H,14,15). The summed E-state index contributed by atoms with van der Waals surface area (Å²) in [4.78, 5) is 11.5. The highest BCUT2D eigenvalue weighted by molar-refractivity contribution is 9.10. The van der Waals surface area contributed by atoms with Crippen LogP contribution in [0, 0.1) is 0 Å². The molecule has 1 unspecified atom stereocenters. The van der Waals surface area contributed by atoms with Gasteiger partial charge in [-0.1, -0.05) is 19.1 Å². The Balaban J connectivity index is 2.55. The van der Waals surface area contributed by atoms with Crippen LogP contribution in [0.25, 0.3) is 0 Å². The van der Waals surface area contributed by atoms with Crippen LogP contribution >= 0.6 is 15.9 Å². The topological polar surface area (TPSA) is 55.1 Å². The number of carbonyl (C=O) groups is 1. The van der Waals surface area contributed by atoms with Crippen molar-refractivity contribution in [3.8, 4) is 0 Å². The van der Waals surface area contributed by atoms with Crippen molar-refractivity contribution in [2.24, 2.45) is 5.73 Å². The predicted octanol–water partition coefficient (Wildman–Crippen LogP) is 2.52. The molecule has 15 heavy (non-hydrogen) atoms. The molecule has 0 fully saturated rings. The second-order valence-electron chi connectivity index (χ2n) is 3.40. The van der Waals surface area contributed by atoms with Crippen molar-refractivity contribution in [1.82, 2.24) is 0 Å². The molecule has 0 radical (unpaired) electrons. The number of nitrogens with one attached hydrogen (secondary N) is 1. The van der Waals surface area contributed by atoms with Crippen molar-refractivity contribution >= 4 is 27.5 Å². The van der Waals surface area contributed by atoms with Crippen LogP contribution in [0.3, 0.4) is 0 Å². The van der Waals surface area contributed by atoms with Crippen LogP contribution in [0.5, 0.6) is 0 Å². The van der Waals surface area contributed by atoms with Crippen LogP contribution in [-0.4, -0.2) is 11.9 Å². The van der Waals surface area contributed by atoms with Crippen molar-refractivity contribution in [1.29, 1.82) is 0 Å². The van der Waals surface area contributed by atoms with Crippen molar-refractivity contribution in [2.45, 2.75) is 25.8 Å². The number of rotatable bonds is 4. The zero-order chi connectivity index (χ0) is 11.3. The summed E-state index contributed by atoms with van der Waals surface area (Å²) < 4.78 is 0.878. The normalized spacial score (nSPS) is 12.2. The van der Waals surface area contributed by atoms with E-state index in [0.29, 0.717) is 6.42 Å². The zero-order valence-corrected chi connectivity index (χ0v) is 10.3. The summed E-state index contributed by atoms with van der Waals surface area (Å²) in [5.74, 6) is -0.0451.